The molecule has 0 aromatic carbocycles. The van der Waals surface area contributed by atoms with Crippen molar-refractivity contribution in [2.24, 2.45) is 0 Å². The molecule has 13 heavy (non-hydrogen) atoms. The maximum absolute atomic E-state index is 5.28. The Bertz CT molecular complexity index is 268. The molecule has 0 radical (unpaired) electrons. The van der Waals surface area contributed by atoms with Gasteiger partial charge >= 0.3 is 0 Å². The van der Waals surface area contributed by atoms with Crippen molar-refractivity contribution < 1.29 is 4.74 Å². The van der Waals surface area contributed by atoms with Gasteiger partial charge in [0.1, 0.15) is 0 Å². The zero-order valence-electron chi connectivity index (χ0n) is 7.42. The van der Waals surface area contributed by atoms with Gasteiger partial charge in [0.15, 0.2) is 0 Å². The molecule has 2 heterocycles. The van der Waals surface area contributed by atoms with Crippen LogP contribution in [0.4, 0.5) is 0 Å². The van der Waals surface area contributed by atoms with Crippen molar-refractivity contribution in [1.29, 1.82) is 0 Å². The Morgan fingerprint density at radius 2 is 2.23 bits per heavy atom. The SMILES string of the molecule is Brc1cc(CN2CCOCC2)c[nH]1. The molecule has 72 valence electrons. The van der Waals surface area contributed by atoms with Crippen LogP contribution in [0.3, 0.4) is 0 Å². The van der Waals surface area contributed by atoms with Crippen LogP contribution in [-0.2, 0) is 11.3 Å². The summed E-state index contributed by atoms with van der Waals surface area (Å²) in [4.78, 5) is 5.52. The molecule has 1 aliphatic heterocycles. The van der Waals surface area contributed by atoms with Crippen LogP contribution in [0.15, 0.2) is 16.9 Å². The summed E-state index contributed by atoms with van der Waals surface area (Å²) in [6.45, 7) is 4.84. The van der Waals surface area contributed by atoms with E-state index < -0.39 is 0 Å². The van der Waals surface area contributed by atoms with Crippen molar-refractivity contribution in [2.45, 2.75) is 6.54 Å². The predicted molar refractivity (Wildman–Crippen MR) is 54.6 cm³/mol. The Kier molecular flexibility index (Phi) is 3.03. The smallest absolute Gasteiger partial charge is 0.0823 e. The lowest BCUT2D eigenvalue weighted by Crippen LogP contribution is -2.35. The number of hydrogen-bond acceptors (Lipinski definition) is 2. The highest BCUT2D eigenvalue weighted by molar-refractivity contribution is 9.10. The van der Waals surface area contributed by atoms with Gasteiger partial charge in [-0.2, -0.15) is 0 Å². The number of rotatable bonds is 2. The minimum absolute atomic E-state index is 0.867. The minimum Gasteiger partial charge on any atom is -0.379 e. The molecule has 1 aromatic heterocycles. The Hall–Kier alpha value is -0.320. The first-order chi connectivity index (χ1) is 6.34. The van der Waals surface area contributed by atoms with E-state index in [1.165, 1.54) is 5.56 Å². The number of morpholine rings is 1. The quantitative estimate of drug-likeness (QED) is 0.857. The molecule has 0 unspecified atom stereocenters. The van der Waals surface area contributed by atoms with Gasteiger partial charge in [-0.25, -0.2) is 0 Å². The molecule has 0 aliphatic carbocycles. The van der Waals surface area contributed by atoms with E-state index >= 15 is 0 Å². The largest absolute Gasteiger partial charge is 0.379 e. The standard InChI is InChI=1S/C9H13BrN2O/c10-9-5-8(6-11-9)7-12-1-3-13-4-2-12/h5-6,11H,1-4,7H2. The van der Waals surface area contributed by atoms with Crippen LogP contribution < -0.4 is 0 Å². The summed E-state index contributed by atoms with van der Waals surface area (Å²) in [5.41, 5.74) is 1.33. The van der Waals surface area contributed by atoms with Gasteiger partial charge in [0.25, 0.3) is 0 Å². The van der Waals surface area contributed by atoms with Crippen LogP contribution in [0.25, 0.3) is 0 Å². The summed E-state index contributed by atoms with van der Waals surface area (Å²) in [7, 11) is 0. The normalized spacial score (nSPS) is 19.2. The van der Waals surface area contributed by atoms with Gasteiger partial charge in [0.05, 0.1) is 17.8 Å². The van der Waals surface area contributed by atoms with Crippen molar-refractivity contribution in [2.75, 3.05) is 26.3 Å². The fraction of sp³-hybridized carbons (Fsp3) is 0.556. The number of halogens is 1. The number of hydrogen-bond donors (Lipinski definition) is 1. The van der Waals surface area contributed by atoms with Crippen molar-refractivity contribution in [3.63, 3.8) is 0 Å². The van der Waals surface area contributed by atoms with Crippen LogP contribution >= 0.6 is 15.9 Å². The molecule has 2 rings (SSSR count). The summed E-state index contributed by atoms with van der Waals surface area (Å²) in [6, 6.07) is 2.12. The molecule has 1 saturated heterocycles. The van der Waals surface area contributed by atoms with E-state index in [0.717, 1.165) is 37.5 Å². The van der Waals surface area contributed by atoms with E-state index in [-0.39, 0.29) is 0 Å². The van der Waals surface area contributed by atoms with Crippen LogP contribution in [-0.4, -0.2) is 36.2 Å². The molecule has 1 aromatic rings. The third kappa shape index (κ3) is 2.56. The summed E-state index contributed by atoms with van der Waals surface area (Å²) in [5, 5.41) is 0. The number of nitrogens with one attached hydrogen (secondary N) is 1. The molecule has 0 saturated carbocycles. The minimum atomic E-state index is 0.867. The Morgan fingerprint density at radius 3 is 2.85 bits per heavy atom. The molecule has 3 nitrogen and oxygen atoms in total. The number of aromatic amines is 1. The van der Waals surface area contributed by atoms with Gasteiger partial charge in [-0.15, -0.1) is 0 Å². The lowest BCUT2D eigenvalue weighted by atomic mass is 10.3. The van der Waals surface area contributed by atoms with Gasteiger partial charge < -0.3 is 9.72 Å². The van der Waals surface area contributed by atoms with Crippen molar-refractivity contribution >= 4 is 15.9 Å². The molecule has 1 N–H and O–H groups in total. The predicted octanol–water partition coefficient (Wildman–Crippen LogP) is 1.61. The Balaban J connectivity index is 1.89. The topological polar surface area (TPSA) is 28.3 Å². The van der Waals surface area contributed by atoms with Crippen LogP contribution in [0.1, 0.15) is 5.56 Å². The molecule has 1 aliphatic rings. The van der Waals surface area contributed by atoms with Crippen molar-refractivity contribution in [3.05, 3.63) is 22.4 Å². The average Bonchev–Trinajstić information content (AvgIpc) is 2.53. The zero-order valence-corrected chi connectivity index (χ0v) is 9.01. The van der Waals surface area contributed by atoms with Crippen LogP contribution in [0, 0.1) is 0 Å². The summed E-state index contributed by atoms with van der Waals surface area (Å²) in [5.74, 6) is 0. The monoisotopic (exact) mass is 244 g/mol. The highest BCUT2D eigenvalue weighted by Gasteiger charge is 2.10. The van der Waals surface area contributed by atoms with Crippen LogP contribution in [0.2, 0.25) is 0 Å². The van der Waals surface area contributed by atoms with E-state index in [4.69, 9.17) is 4.74 Å². The maximum atomic E-state index is 5.28. The van der Waals surface area contributed by atoms with Gasteiger partial charge in [-0.3, -0.25) is 4.90 Å². The number of H-pyrrole nitrogens is 1. The van der Waals surface area contributed by atoms with Gasteiger partial charge in [-0.05, 0) is 27.6 Å². The maximum Gasteiger partial charge on any atom is 0.0823 e. The number of ether oxygens (including phenoxy) is 1. The molecule has 0 atom stereocenters. The van der Waals surface area contributed by atoms with E-state index in [1.807, 2.05) is 6.20 Å². The van der Waals surface area contributed by atoms with E-state index in [2.05, 4.69) is 31.9 Å². The first-order valence-electron chi connectivity index (χ1n) is 4.47. The zero-order chi connectivity index (χ0) is 9.10. The third-order valence-electron chi connectivity index (χ3n) is 2.22. The van der Waals surface area contributed by atoms with E-state index in [9.17, 15) is 0 Å². The second kappa shape index (κ2) is 4.26. The van der Waals surface area contributed by atoms with E-state index in [0.29, 0.717) is 0 Å². The van der Waals surface area contributed by atoms with Gasteiger partial charge in [-0.1, -0.05) is 0 Å². The molecular weight excluding hydrogens is 232 g/mol. The first kappa shape index (κ1) is 9.24. The Labute approximate surface area is 86.2 Å². The summed E-state index contributed by atoms with van der Waals surface area (Å²) >= 11 is 3.40. The first-order valence-corrected chi connectivity index (χ1v) is 5.27. The molecule has 0 bridgehead atoms. The highest BCUT2D eigenvalue weighted by Crippen LogP contribution is 2.12. The fourth-order valence-electron chi connectivity index (χ4n) is 1.52. The molecule has 0 amide bonds. The number of nitrogens with zero attached hydrogens (tertiary/aromatic N) is 1. The second-order valence-electron chi connectivity index (χ2n) is 3.24. The van der Waals surface area contributed by atoms with Crippen LogP contribution in [0.5, 0.6) is 0 Å². The average molecular weight is 245 g/mol. The van der Waals surface area contributed by atoms with Crippen molar-refractivity contribution in [1.82, 2.24) is 9.88 Å². The fourth-order valence-corrected chi connectivity index (χ4v) is 1.93. The lowest BCUT2D eigenvalue weighted by molar-refractivity contribution is 0.0342. The number of aromatic nitrogens is 1. The van der Waals surface area contributed by atoms with Gasteiger partial charge in [0.2, 0.25) is 0 Å². The molecular formula is C9H13BrN2O. The highest BCUT2D eigenvalue weighted by atomic mass is 79.9. The summed E-state index contributed by atoms with van der Waals surface area (Å²) < 4.78 is 6.34. The Morgan fingerprint density at radius 1 is 1.46 bits per heavy atom. The second-order valence-corrected chi connectivity index (χ2v) is 4.10. The summed E-state index contributed by atoms with van der Waals surface area (Å²) in [6.07, 6.45) is 2.04. The molecule has 0 spiro atoms. The molecule has 1 fully saturated rings. The molecule has 4 heteroatoms. The van der Waals surface area contributed by atoms with E-state index in [1.54, 1.807) is 0 Å². The lowest BCUT2D eigenvalue weighted by Gasteiger charge is -2.25. The van der Waals surface area contributed by atoms with Crippen molar-refractivity contribution in [3.8, 4) is 0 Å². The van der Waals surface area contributed by atoms with Gasteiger partial charge in [0, 0.05) is 25.8 Å². The third-order valence-corrected chi connectivity index (χ3v) is 2.68.